The van der Waals surface area contributed by atoms with E-state index in [0.29, 0.717) is 6.54 Å². The first kappa shape index (κ1) is 12.4. The summed E-state index contributed by atoms with van der Waals surface area (Å²) in [6.45, 7) is 0.666. The lowest BCUT2D eigenvalue weighted by atomic mass is 10.1. The highest BCUT2D eigenvalue weighted by molar-refractivity contribution is 9.10. The third-order valence-corrected chi connectivity index (χ3v) is 3.74. The molecule has 2 aromatic rings. The highest BCUT2D eigenvalue weighted by atomic mass is 79.9. The number of para-hydroxylation sites is 1. The van der Waals surface area contributed by atoms with Crippen molar-refractivity contribution < 1.29 is 4.79 Å². The van der Waals surface area contributed by atoms with Crippen LogP contribution < -0.4 is 10.6 Å². The van der Waals surface area contributed by atoms with Crippen LogP contribution in [0.1, 0.15) is 17.2 Å². The number of amides is 1. The minimum Gasteiger partial charge on any atom is -0.324 e. The molecule has 0 fully saturated rings. The van der Waals surface area contributed by atoms with Crippen LogP contribution in [0.2, 0.25) is 0 Å². The lowest BCUT2D eigenvalue weighted by Crippen LogP contribution is -2.27. The van der Waals surface area contributed by atoms with Crippen LogP contribution in [0.15, 0.2) is 53.0 Å². The molecule has 1 unspecified atom stereocenters. The zero-order valence-corrected chi connectivity index (χ0v) is 11.8. The molecule has 3 rings (SSSR count). The van der Waals surface area contributed by atoms with Crippen molar-refractivity contribution in [1.29, 1.82) is 0 Å². The normalized spacial score (nSPS) is 17.1. The summed E-state index contributed by atoms with van der Waals surface area (Å²) in [5, 5.41) is 6.18. The lowest BCUT2D eigenvalue weighted by molar-refractivity contribution is -0.117. The predicted octanol–water partition coefficient (Wildman–Crippen LogP) is 3.23. The number of carbonyl (C=O) groups excluding carboxylic acids is 1. The van der Waals surface area contributed by atoms with Gasteiger partial charge < -0.3 is 5.32 Å². The number of rotatable bonds is 3. The summed E-state index contributed by atoms with van der Waals surface area (Å²) in [5.41, 5.74) is 3.07. The summed E-state index contributed by atoms with van der Waals surface area (Å²) in [7, 11) is 0. The topological polar surface area (TPSA) is 41.1 Å². The van der Waals surface area contributed by atoms with Crippen molar-refractivity contribution in [1.82, 2.24) is 5.32 Å². The van der Waals surface area contributed by atoms with Crippen LogP contribution >= 0.6 is 15.9 Å². The lowest BCUT2D eigenvalue weighted by Gasteiger charge is -2.11. The molecule has 1 atom stereocenters. The molecule has 1 amide bonds. The fourth-order valence-electron chi connectivity index (χ4n) is 2.23. The van der Waals surface area contributed by atoms with E-state index in [9.17, 15) is 4.79 Å². The van der Waals surface area contributed by atoms with Gasteiger partial charge in [0.1, 0.15) is 6.04 Å². The van der Waals surface area contributed by atoms with Gasteiger partial charge in [0.2, 0.25) is 5.91 Å². The van der Waals surface area contributed by atoms with Crippen LogP contribution in [0.4, 0.5) is 5.69 Å². The monoisotopic (exact) mass is 316 g/mol. The Balaban J connectivity index is 1.73. The molecular formula is C15H13BrN2O. The van der Waals surface area contributed by atoms with Gasteiger partial charge in [-0.05, 0) is 23.8 Å². The molecule has 0 radical (unpaired) electrons. The Morgan fingerprint density at radius 1 is 1.11 bits per heavy atom. The molecule has 0 aromatic heterocycles. The predicted molar refractivity (Wildman–Crippen MR) is 78.8 cm³/mol. The van der Waals surface area contributed by atoms with Gasteiger partial charge in [0.05, 0.1) is 0 Å². The van der Waals surface area contributed by atoms with Gasteiger partial charge in [-0.3, -0.25) is 10.1 Å². The number of halogens is 1. The Morgan fingerprint density at radius 3 is 2.63 bits per heavy atom. The van der Waals surface area contributed by atoms with Crippen LogP contribution in [-0.2, 0) is 11.3 Å². The molecule has 0 bridgehead atoms. The van der Waals surface area contributed by atoms with Crippen molar-refractivity contribution in [2.24, 2.45) is 0 Å². The first-order chi connectivity index (χ1) is 9.24. The highest BCUT2D eigenvalue weighted by Crippen LogP contribution is 2.30. The Hall–Kier alpha value is -1.65. The van der Waals surface area contributed by atoms with Crippen LogP contribution in [0.5, 0.6) is 0 Å². The van der Waals surface area contributed by atoms with E-state index in [2.05, 4.69) is 26.6 Å². The molecule has 0 saturated heterocycles. The summed E-state index contributed by atoms with van der Waals surface area (Å²) in [6.07, 6.45) is 0. The molecule has 1 aliphatic heterocycles. The van der Waals surface area contributed by atoms with Crippen LogP contribution in [-0.4, -0.2) is 5.91 Å². The van der Waals surface area contributed by atoms with Crippen LogP contribution in [0.3, 0.4) is 0 Å². The third kappa shape index (κ3) is 2.55. The maximum atomic E-state index is 11.9. The van der Waals surface area contributed by atoms with Gasteiger partial charge in [-0.15, -0.1) is 0 Å². The second-order valence-electron chi connectivity index (χ2n) is 4.52. The molecule has 19 heavy (non-hydrogen) atoms. The Morgan fingerprint density at radius 2 is 1.84 bits per heavy atom. The van der Waals surface area contributed by atoms with Crippen molar-refractivity contribution in [3.8, 4) is 0 Å². The van der Waals surface area contributed by atoms with Crippen molar-refractivity contribution in [3.05, 3.63) is 64.1 Å². The summed E-state index contributed by atoms with van der Waals surface area (Å²) >= 11 is 3.41. The van der Waals surface area contributed by atoms with Gasteiger partial charge in [0, 0.05) is 22.3 Å². The van der Waals surface area contributed by atoms with Gasteiger partial charge in [-0.1, -0.05) is 46.3 Å². The zero-order valence-electron chi connectivity index (χ0n) is 10.2. The van der Waals surface area contributed by atoms with Crippen LogP contribution in [0, 0.1) is 0 Å². The average Bonchev–Trinajstić information content (AvgIpc) is 2.74. The second kappa shape index (κ2) is 5.15. The first-order valence-corrected chi connectivity index (χ1v) is 6.91. The molecule has 2 N–H and O–H groups in total. The largest absolute Gasteiger partial charge is 0.324 e. The molecule has 1 heterocycles. The van der Waals surface area contributed by atoms with E-state index in [4.69, 9.17) is 0 Å². The molecule has 0 spiro atoms. The van der Waals surface area contributed by atoms with Gasteiger partial charge >= 0.3 is 0 Å². The summed E-state index contributed by atoms with van der Waals surface area (Å²) in [5.74, 6) is 0.0123. The molecule has 2 aromatic carbocycles. The third-order valence-electron chi connectivity index (χ3n) is 3.22. The maximum absolute atomic E-state index is 11.9. The molecule has 4 heteroatoms. The summed E-state index contributed by atoms with van der Waals surface area (Å²) < 4.78 is 1.06. The number of nitrogens with one attached hydrogen (secondary N) is 2. The Kier molecular flexibility index (Phi) is 3.36. The number of hydrogen-bond acceptors (Lipinski definition) is 2. The van der Waals surface area contributed by atoms with E-state index in [0.717, 1.165) is 21.3 Å². The van der Waals surface area contributed by atoms with Crippen molar-refractivity contribution in [2.75, 3.05) is 5.32 Å². The van der Waals surface area contributed by atoms with Gasteiger partial charge in [0.15, 0.2) is 0 Å². The van der Waals surface area contributed by atoms with E-state index in [1.807, 2.05) is 48.5 Å². The average molecular weight is 317 g/mol. The molecule has 3 nitrogen and oxygen atoms in total. The molecule has 1 aliphatic rings. The first-order valence-electron chi connectivity index (χ1n) is 6.11. The minimum atomic E-state index is -0.264. The fraction of sp³-hybridized carbons (Fsp3) is 0.133. The van der Waals surface area contributed by atoms with E-state index in [-0.39, 0.29) is 11.9 Å². The number of hydrogen-bond donors (Lipinski definition) is 2. The zero-order chi connectivity index (χ0) is 13.2. The van der Waals surface area contributed by atoms with E-state index in [1.54, 1.807) is 0 Å². The van der Waals surface area contributed by atoms with Crippen molar-refractivity contribution >= 4 is 27.5 Å². The van der Waals surface area contributed by atoms with E-state index in [1.165, 1.54) is 0 Å². The number of benzene rings is 2. The van der Waals surface area contributed by atoms with E-state index < -0.39 is 0 Å². The van der Waals surface area contributed by atoms with Gasteiger partial charge in [0.25, 0.3) is 0 Å². The van der Waals surface area contributed by atoms with Crippen molar-refractivity contribution in [3.63, 3.8) is 0 Å². The molecule has 96 valence electrons. The summed E-state index contributed by atoms with van der Waals surface area (Å²) in [6, 6.07) is 15.6. The quantitative estimate of drug-likeness (QED) is 0.912. The standard InChI is InChI=1S/C15H13BrN2O/c16-11-7-5-10(6-8-11)9-17-14-12-3-1-2-4-13(12)18-15(14)19/h1-8,14,17H,9H2,(H,18,19). The SMILES string of the molecule is O=C1Nc2ccccc2C1NCc1ccc(Br)cc1. The maximum Gasteiger partial charge on any atom is 0.246 e. The fourth-order valence-corrected chi connectivity index (χ4v) is 2.50. The number of fused-ring (bicyclic) bond motifs is 1. The Labute approximate surface area is 120 Å². The molecule has 0 saturated carbocycles. The second-order valence-corrected chi connectivity index (χ2v) is 5.43. The van der Waals surface area contributed by atoms with E-state index >= 15 is 0 Å². The van der Waals surface area contributed by atoms with Crippen LogP contribution in [0.25, 0.3) is 0 Å². The number of anilines is 1. The Bertz CT molecular complexity index is 610. The van der Waals surface area contributed by atoms with Gasteiger partial charge in [-0.2, -0.15) is 0 Å². The molecule has 0 aliphatic carbocycles. The van der Waals surface area contributed by atoms with Gasteiger partial charge in [-0.25, -0.2) is 0 Å². The summed E-state index contributed by atoms with van der Waals surface area (Å²) in [4.78, 5) is 11.9. The minimum absolute atomic E-state index is 0.0123. The highest BCUT2D eigenvalue weighted by Gasteiger charge is 2.29. The van der Waals surface area contributed by atoms with Crippen molar-refractivity contribution in [2.45, 2.75) is 12.6 Å². The smallest absolute Gasteiger partial charge is 0.246 e. The molecular weight excluding hydrogens is 304 g/mol. The number of carbonyl (C=O) groups is 1.